The fourth-order valence-electron chi connectivity index (χ4n) is 3.27. The lowest BCUT2D eigenvalue weighted by Crippen LogP contribution is -2.24. The van der Waals surface area contributed by atoms with Crippen LogP contribution in [0.5, 0.6) is 5.75 Å². The Hall–Kier alpha value is -3.78. The highest BCUT2D eigenvalue weighted by atomic mass is 16.5. The van der Waals surface area contributed by atoms with E-state index in [1.165, 1.54) is 0 Å². The quantitative estimate of drug-likeness (QED) is 0.510. The van der Waals surface area contributed by atoms with Gasteiger partial charge in [-0.25, -0.2) is 4.68 Å². The third-order valence-corrected chi connectivity index (χ3v) is 4.70. The van der Waals surface area contributed by atoms with E-state index in [0.717, 1.165) is 28.0 Å². The number of hydrogen-bond acceptors (Lipinski definition) is 4. The zero-order chi connectivity index (χ0) is 19.3. The molecule has 5 nitrogen and oxygen atoms in total. The van der Waals surface area contributed by atoms with Gasteiger partial charge in [-0.05, 0) is 42.0 Å². The Morgan fingerprint density at radius 2 is 1.68 bits per heavy atom. The van der Waals surface area contributed by atoms with Gasteiger partial charge in [-0.3, -0.25) is 0 Å². The Labute approximate surface area is 164 Å². The second kappa shape index (κ2) is 7.85. The van der Waals surface area contributed by atoms with E-state index in [2.05, 4.69) is 21.5 Å². The number of anilines is 1. The van der Waals surface area contributed by atoms with Gasteiger partial charge in [0, 0.05) is 5.69 Å². The molecule has 1 aromatic heterocycles. The topological polar surface area (TPSA) is 52.0 Å². The first-order valence-electron chi connectivity index (χ1n) is 9.02. The third kappa shape index (κ3) is 3.40. The number of nitrogens with zero attached hydrogens (tertiary/aromatic N) is 3. The molecule has 0 aliphatic heterocycles. The number of fused-ring (bicyclic) bond motifs is 1. The summed E-state index contributed by atoms with van der Waals surface area (Å²) < 4.78 is 7.10. The Morgan fingerprint density at radius 3 is 2.39 bits per heavy atom. The van der Waals surface area contributed by atoms with E-state index in [9.17, 15) is 0 Å². The summed E-state index contributed by atoms with van der Waals surface area (Å²) in [6, 6.07) is 25.1. The van der Waals surface area contributed by atoms with Crippen molar-refractivity contribution < 1.29 is 4.74 Å². The van der Waals surface area contributed by atoms with Gasteiger partial charge in [-0.15, -0.1) is 11.5 Å². The number of ether oxygens (including phenoxy) is 1. The Bertz CT molecular complexity index is 1100. The molecule has 0 bridgehead atoms. The maximum Gasteiger partial charge on any atom is 0.139 e. The van der Waals surface area contributed by atoms with Crippen LogP contribution >= 0.6 is 0 Å². The second-order valence-corrected chi connectivity index (χ2v) is 6.40. The normalized spacial score (nSPS) is 12.9. The minimum atomic E-state index is -0.374. The van der Waals surface area contributed by atoms with Crippen molar-refractivity contribution in [3.63, 3.8) is 0 Å². The summed E-state index contributed by atoms with van der Waals surface area (Å²) in [5.41, 5.74) is 3.73. The van der Waals surface area contributed by atoms with Crippen LogP contribution in [0.4, 0.5) is 5.69 Å². The van der Waals surface area contributed by atoms with E-state index in [1.807, 2.05) is 78.9 Å². The molecule has 0 saturated heterocycles. The minimum Gasteiger partial charge on any atom is -0.497 e. The molecule has 0 radical (unpaired) electrons. The molecule has 138 valence electrons. The SMILES string of the molecule is C#CC(C(Nc1ccccc1)c1ccc(OC)cc1)n1nnc2ccccc21. The van der Waals surface area contributed by atoms with Crippen LogP contribution in [0.15, 0.2) is 78.9 Å². The van der Waals surface area contributed by atoms with E-state index in [0.29, 0.717) is 0 Å². The minimum absolute atomic E-state index is 0.205. The summed E-state index contributed by atoms with van der Waals surface area (Å²) in [6.07, 6.45) is 6.00. The van der Waals surface area contributed by atoms with Gasteiger partial charge in [0.15, 0.2) is 0 Å². The van der Waals surface area contributed by atoms with Crippen LogP contribution in [0.3, 0.4) is 0 Å². The van der Waals surface area contributed by atoms with Gasteiger partial charge in [0.05, 0.1) is 18.7 Å². The van der Waals surface area contributed by atoms with Crippen LogP contribution in [-0.4, -0.2) is 22.1 Å². The summed E-state index contributed by atoms with van der Waals surface area (Å²) in [5.74, 6) is 3.71. The van der Waals surface area contributed by atoms with Gasteiger partial charge in [0.1, 0.15) is 17.3 Å². The summed E-state index contributed by atoms with van der Waals surface area (Å²) in [4.78, 5) is 0. The molecule has 4 rings (SSSR count). The van der Waals surface area contributed by atoms with Gasteiger partial charge in [0.25, 0.3) is 0 Å². The Balaban J connectivity index is 1.79. The summed E-state index contributed by atoms with van der Waals surface area (Å²) >= 11 is 0. The number of aromatic nitrogens is 3. The number of hydrogen-bond donors (Lipinski definition) is 1. The molecule has 1 N–H and O–H groups in total. The molecule has 0 aliphatic carbocycles. The molecule has 0 amide bonds. The molecule has 28 heavy (non-hydrogen) atoms. The second-order valence-electron chi connectivity index (χ2n) is 6.40. The van der Waals surface area contributed by atoms with Gasteiger partial charge in [0.2, 0.25) is 0 Å². The van der Waals surface area contributed by atoms with Crippen molar-refractivity contribution in [1.82, 2.24) is 15.0 Å². The molecule has 0 aliphatic rings. The smallest absolute Gasteiger partial charge is 0.139 e. The van der Waals surface area contributed by atoms with E-state index in [-0.39, 0.29) is 12.1 Å². The van der Waals surface area contributed by atoms with Crippen molar-refractivity contribution >= 4 is 16.7 Å². The monoisotopic (exact) mass is 368 g/mol. The predicted molar refractivity (Wildman–Crippen MR) is 111 cm³/mol. The maximum atomic E-state index is 6.00. The van der Waals surface area contributed by atoms with Gasteiger partial charge >= 0.3 is 0 Å². The molecule has 3 aromatic carbocycles. The van der Waals surface area contributed by atoms with Crippen molar-refractivity contribution in [3.8, 4) is 18.1 Å². The van der Waals surface area contributed by atoms with Crippen LogP contribution in [0.2, 0.25) is 0 Å². The molecule has 0 saturated carbocycles. The van der Waals surface area contributed by atoms with Gasteiger partial charge in [-0.2, -0.15) is 0 Å². The first kappa shape index (κ1) is 17.6. The van der Waals surface area contributed by atoms with E-state index in [1.54, 1.807) is 11.8 Å². The number of benzene rings is 3. The number of rotatable bonds is 6. The zero-order valence-electron chi connectivity index (χ0n) is 15.5. The fourth-order valence-corrected chi connectivity index (χ4v) is 3.27. The van der Waals surface area contributed by atoms with Crippen LogP contribution < -0.4 is 10.1 Å². The van der Waals surface area contributed by atoms with Crippen molar-refractivity contribution in [3.05, 3.63) is 84.4 Å². The third-order valence-electron chi connectivity index (χ3n) is 4.70. The summed E-state index contributed by atoms with van der Waals surface area (Å²) in [6.45, 7) is 0. The largest absolute Gasteiger partial charge is 0.497 e. The first-order chi connectivity index (χ1) is 13.8. The molecule has 5 heteroatoms. The average molecular weight is 368 g/mol. The van der Waals surface area contributed by atoms with Crippen LogP contribution in [0.1, 0.15) is 17.6 Å². The molecule has 2 unspecified atom stereocenters. The Kier molecular flexibility index (Phi) is 4.94. The summed E-state index contributed by atoms with van der Waals surface area (Å²) in [7, 11) is 1.65. The average Bonchev–Trinajstić information content (AvgIpc) is 3.18. The molecular formula is C23H20N4O. The molecule has 0 fully saturated rings. The van der Waals surface area contributed by atoms with Gasteiger partial charge < -0.3 is 10.1 Å². The Morgan fingerprint density at radius 1 is 0.964 bits per heavy atom. The van der Waals surface area contributed by atoms with Gasteiger partial charge in [-0.1, -0.05) is 53.6 Å². The van der Waals surface area contributed by atoms with Crippen LogP contribution in [0.25, 0.3) is 11.0 Å². The maximum absolute atomic E-state index is 6.00. The van der Waals surface area contributed by atoms with Crippen molar-refractivity contribution in [2.75, 3.05) is 12.4 Å². The lowest BCUT2D eigenvalue weighted by Gasteiger charge is -2.26. The highest BCUT2D eigenvalue weighted by Crippen LogP contribution is 2.32. The molecule has 4 aromatic rings. The first-order valence-corrected chi connectivity index (χ1v) is 9.02. The van der Waals surface area contributed by atoms with Crippen molar-refractivity contribution in [1.29, 1.82) is 0 Å². The number of para-hydroxylation sites is 2. The summed E-state index contributed by atoms with van der Waals surface area (Å²) in [5, 5.41) is 12.2. The number of terminal acetylenes is 1. The zero-order valence-corrected chi connectivity index (χ0v) is 15.5. The lowest BCUT2D eigenvalue weighted by molar-refractivity contribution is 0.414. The number of nitrogens with one attached hydrogen (secondary N) is 1. The van der Waals surface area contributed by atoms with E-state index >= 15 is 0 Å². The number of methoxy groups -OCH3 is 1. The predicted octanol–water partition coefficient (Wildman–Crippen LogP) is 4.47. The van der Waals surface area contributed by atoms with Crippen molar-refractivity contribution in [2.45, 2.75) is 12.1 Å². The van der Waals surface area contributed by atoms with E-state index in [4.69, 9.17) is 11.2 Å². The molecular weight excluding hydrogens is 348 g/mol. The standard InChI is InChI=1S/C23H20N4O/c1-3-21(27-22-12-8-7-11-20(22)25-26-27)23(24-18-9-5-4-6-10-18)17-13-15-19(28-2)16-14-17/h1,4-16,21,23-24H,2H3. The highest BCUT2D eigenvalue weighted by molar-refractivity contribution is 5.74. The fraction of sp³-hybridized carbons (Fsp3) is 0.130. The lowest BCUT2D eigenvalue weighted by atomic mass is 9.98. The van der Waals surface area contributed by atoms with E-state index < -0.39 is 0 Å². The molecule has 1 heterocycles. The molecule has 2 atom stereocenters. The van der Waals surface area contributed by atoms with Crippen LogP contribution in [0, 0.1) is 12.3 Å². The molecule has 0 spiro atoms. The highest BCUT2D eigenvalue weighted by Gasteiger charge is 2.26. The van der Waals surface area contributed by atoms with Crippen molar-refractivity contribution in [2.24, 2.45) is 0 Å². The van der Waals surface area contributed by atoms with Crippen LogP contribution in [-0.2, 0) is 0 Å².